The standard InChI is InChI=1S/C22H23ClN4O2/c1-15(2)8-11-27-19(16-6-5-7-17(23)12-16)14-26-13-18(24-20(26)22(27)29)21(28)25-9-3-4-10-25/h5-8,12-14H,3-4,9-11H2,1-2H3. The first-order chi connectivity index (χ1) is 13.9. The summed E-state index contributed by atoms with van der Waals surface area (Å²) in [5, 5.41) is 0.597. The molecule has 0 spiro atoms. The van der Waals surface area contributed by atoms with Gasteiger partial charge in [-0.1, -0.05) is 35.4 Å². The fourth-order valence-corrected chi connectivity index (χ4v) is 3.79. The molecule has 1 aliphatic rings. The Morgan fingerprint density at radius 3 is 2.66 bits per heavy atom. The second kappa shape index (κ2) is 7.87. The minimum atomic E-state index is -0.236. The number of fused-ring (bicyclic) bond motifs is 1. The van der Waals surface area contributed by atoms with Gasteiger partial charge in [0.05, 0.1) is 5.69 Å². The maximum Gasteiger partial charge on any atom is 0.295 e. The number of amides is 1. The summed E-state index contributed by atoms with van der Waals surface area (Å²) in [5.74, 6) is -0.120. The van der Waals surface area contributed by atoms with E-state index < -0.39 is 0 Å². The molecule has 150 valence electrons. The molecular weight excluding hydrogens is 388 g/mol. The zero-order chi connectivity index (χ0) is 20.5. The summed E-state index contributed by atoms with van der Waals surface area (Å²) in [5.41, 5.74) is 2.99. The van der Waals surface area contributed by atoms with Crippen molar-refractivity contribution in [3.05, 3.63) is 69.4 Å². The Balaban J connectivity index is 1.88. The number of rotatable bonds is 4. The number of imidazole rings is 1. The average Bonchev–Trinajstić information content (AvgIpc) is 3.36. The Hall–Kier alpha value is -2.86. The van der Waals surface area contributed by atoms with Gasteiger partial charge >= 0.3 is 0 Å². The van der Waals surface area contributed by atoms with Crippen LogP contribution < -0.4 is 5.56 Å². The van der Waals surface area contributed by atoms with E-state index in [4.69, 9.17) is 11.6 Å². The van der Waals surface area contributed by atoms with Crippen LogP contribution in [-0.4, -0.2) is 37.8 Å². The van der Waals surface area contributed by atoms with Gasteiger partial charge in [-0.3, -0.25) is 18.6 Å². The van der Waals surface area contributed by atoms with Crippen LogP contribution in [0.1, 0.15) is 37.2 Å². The highest BCUT2D eigenvalue weighted by atomic mass is 35.5. The molecule has 0 N–H and O–H groups in total. The van der Waals surface area contributed by atoms with Gasteiger partial charge in [0.25, 0.3) is 11.5 Å². The summed E-state index contributed by atoms with van der Waals surface area (Å²) in [4.78, 5) is 32.2. The Morgan fingerprint density at radius 2 is 1.97 bits per heavy atom. The molecule has 6 nitrogen and oxygen atoms in total. The van der Waals surface area contributed by atoms with Crippen molar-refractivity contribution in [1.29, 1.82) is 0 Å². The van der Waals surface area contributed by atoms with E-state index in [1.165, 1.54) is 0 Å². The van der Waals surface area contributed by atoms with Gasteiger partial charge in [0.2, 0.25) is 5.65 Å². The summed E-state index contributed by atoms with van der Waals surface area (Å²) >= 11 is 6.18. The van der Waals surface area contributed by atoms with Crippen molar-refractivity contribution in [2.45, 2.75) is 33.2 Å². The van der Waals surface area contributed by atoms with E-state index in [0.29, 0.717) is 17.3 Å². The lowest BCUT2D eigenvalue weighted by Crippen LogP contribution is -2.28. The summed E-state index contributed by atoms with van der Waals surface area (Å²) in [6.07, 6.45) is 7.50. The van der Waals surface area contributed by atoms with Crippen molar-refractivity contribution < 1.29 is 4.79 Å². The molecule has 7 heteroatoms. The average molecular weight is 411 g/mol. The number of carbonyl (C=O) groups is 1. The van der Waals surface area contributed by atoms with Crippen molar-refractivity contribution in [3.63, 3.8) is 0 Å². The van der Waals surface area contributed by atoms with Crippen LogP contribution in [0.5, 0.6) is 0 Å². The molecule has 1 aromatic carbocycles. The molecule has 29 heavy (non-hydrogen) atoms. The monoisotopic (exact) mass is 410 g/mol. The summed E-state index contributed by atoms with van der Waals surface area (Å²) in [6.45, 7) is 5.88. The van der Waals surface area contributed by atoms with Crippen molar-refractivity contribution in [2.75, 3.05) is 13.1 Å². The maximum atomic E-state index is 13.3. The van der Waals surface area contributed by atoms with Crippen LogP contribution in [0, 0.1) is 0 Å². The smallest absolute Gasteiger partial charge is 0.295 e. The lowest BCUT2D eigenvalue weighted by Gasteiger charge is -2.13. The number of nitrogens with zero attached hydrogens (tertiary/aromatic N) is 4. The van der Waals surface area contributed by atoms with E-state index in [2.05, 4.69) is 4.98 Å². The topological polar surface area (TPSA) is 59.6 Å². The van der Waals surface area contributed by atoms with E-state index in [1.54, 1.807) is 26.1 Å². The molecule has 1 aliphatic heterocycles. The molecule has 2 aromatic heterocycles. The third-order valence-corrected chi connectivity index (χ3v) is 5.37. The molecule has 0 unspecified atom stereocenters. The number of allylic oxidation sites excluding steroid dienone is 2. The van der Waals surface area contributed by atoms with Crippen molar-refractivity contribution in [3.8, 4) is 11.3 Å². The Bertz CT molecular complexity index is 1170. The van der Waals surface area contributed by atoms with Crippen LogP contribution in [0.3, 0.4) is 0 Å². The Labute approximate surface area is 174 Å². The highest BCUT2D eigenvalue weighted by Crippen LogP contribution is 2.23. The first-order valence-corrected chi connectivity index (χ1v) is 10.1. The minimum Gasteiger partial charge on any atom is -0.337 e. The molecule has 0 saturated carbocycles. The van der Waals surface area contributed by atoms with E-state index in [0.717, 1.165) is 42.8 Å². The Morgan fingerprint density at radius 1 is 1.21 bits per heavy atom. The fraction of sp³-hybridized carbons (Fsp3) is 0.318. The lowest BCUT2D eigenvalue weighted by molar-refractivity contribution is 0.0787. The summed E-state index contributed by atoms with van der Waals surface area (Å²) in [7, 11) is 0. The van der Waals surface area contributed by atoms with Gasteiger partial charge in [0.15, 0.2) is 0 Å². The predicted molar refractivity (Wildman–Crippen MR) is 114 cm³/mol. The van der Waals surface area contributed by atoms with Gasteiger partial charge in [-0.25, -0.2) is 4.98 Å². The SMILES string of the molecule is CC(C)=CCn1c(-c2cccc(Cl)c2)cn2cc(C(=O)N3CCCC3)nc2c1=O. The van der Waals surface area contributed by atoms with Gasteiger partial charge in [-0.05, 0) is 38.8 Å². The number of carbonyl (C=O) groups excluding carboxylic acids is 1. The second-order valence-corrected chi connectivity index (χ2v) is 8.01. The first kappa shape index (κ1) is 19.5. The number of hydrogen-bond donors (Lipinski definition) is 0. The van der Waals surface area contributed by atoms with Crippen LogP contribution in [0.15, 0.2) is 53.1 Å². The molecule has 0 bridgehead atoms. The van der Waals surface area contributed by atoms with Crippen LogP contribution in [0.4, 0.5) is 0 Å². The number of hydrogen-bond acceptors (Lipinski definition) is 3. The number of benzene rings is 1. The van der Waals surface area contributed by atoms with Crippen LogP contribution in [0.2, 0.25) is 5.02 Å². The number of halogens is 1. The number of likely N-dealkylation sites (tertiary alicyclic amines) is 1. The molecule has 3 heterocycles. The number of aromatic nitrogens is 3. The van der Waals surface area contributed by atoms with Crippen LogP contribution in [0.25, 0.3) is 16.9 Å². The highest BCUT2D eigenvalue weighted by molar-refractivity contribution is 6.30. The van der Waals surface area contributed by atoms with Crippen molar-refractivity contribution >= 4 is 23.2 Å². The van der Waals surface area contributed by atoms with E-state index in [-0.39, 0.29) is 17.1 Å². The molecule has 4 rings (SSSR count). The molecule has 0 atom stereocenters. The van der Waals surface area contributed by atoms with Crippen molar-refractivity contribution in [1.82, 2.24) is 18.9 Å². The molecule has 0 radical (unpaired) electrons. The molecule has 0 aliphatic carbocycles. The molecule has 1 fully saturated rings. The van der Waals surface area contributed by atoms with Crippen molar-refractivity contribution in [2.24, 2.45) is 0 Å². The second-order valence-electron chi connectivity index (χ2n) is 7.58. The van der Waals surface area contributed by atoms with Crippen LogP contribution in [-0.2, 0) is 6.54 Å². The van der Waals surface area contributed by atoms with E-state index in [1.807, 2.05) is 44.3 Å². The lowest BCUT2D eigenvalue weighted by atomic mass is 10.1. The highest BCUT2D eigenvalue weighted by Gasteiger charge is 2.23. The van der Waals surface area contributed by atoms with Gasteiger partial charge in [-0.2, -0.15) is 0 Å². The normalized spacial score (nSPS) is 13.8. The third-order valence-electron chi connectivity index (χ3n) is 5.14. The molecule has 3 aromatic rings. The molecular formula is C22H23ClN4O2. The molecule has 1 saturated heterocycles. The minimum absolute atomic E-state index is 0.120. The summed E-state index contributed by atoms with van der Waals surface area (Å²) in [6, 6.07) is 7.40. The fourth-order valence-electron chi connectivity index (χ4n) is 3.60. The zero-order valence-corrected chi connectivity index (χ0v) is 17.3. The third kappa shape index (κ3) is 3.85. The van der Waals surface area contributed by atoms with Gasteiger partial charge in [0.1, 0.15) is 5.69 Å². The van der Waals surface area contributed by atoms with E-state index in [9.17, 15) is 9.59 Å². The van der Waals surface area contributed by atoms with Gasteiger partial charge < -0.3 is 4.90 Å². The largest absolute Gasteiger partial charge is 0.337 e. The Kier molecular flexibility index (Phi) is 5.28. The first-order valence-electron chi connectivity index (χ1n) is 9.75. The quantitative estimate of drug-likeness (QED) is 0.610. The van der Waals surface area contributed by atoms with E-state index >= 15 is 0 Å². The summed E-state index contributed by atoms with van der Waals surface area (Å²) < 4.78 is 3.33. The molecule has 1 amide bonds. The predicted octanol–water partition coefficient (Wildman–Crippen LogP) is 4.02. The van der Waals surface area contributed by atoms with Gasteiger partial charge in [0, 0.05) is 42.6 Å². The zero-order valence-electron chi connectivity index (χ0n) is 16.6. The van der Waals surface area contributed by atoms with Gasteiger partial charge in [-0.15, -0.1) is 0 Å². The maximum absolute atomic E-state index is 13.3. The van der Waals surface area contributed by atoms with Crippen LogP contribution >= 0.6 is 11.6 Å².